The van der Waals surface area contributed by atoms with Crippen LogP contribution in [0.25, 0.3) is 0 Å². The highest BCUT2D eigenvalue weighted by molar-refractivity contribution is 6.35. The second kappa shape index (κ2) is 7.04. The highest BCUT2D eigenvalue weighted by Gasteiger charge is 2.32. The molecule has 2 saturated heterocycles. The maximum absolute atomic E-state index is 12.3. The summed E-state index contributed by atoms with van der Waals surface area (Å²) in [6, 6.07) is 0.193. The first kappa shape index (κ1) is 15.3. The van der Waals surface area contributed by atoms with Crippen molar-refractivity contribution in [3.05, 3.63) is 0 Å². The van der Waals surface area contributed by atoms with Gasteiger partial charge in [0.05, 0.1) is 0 Å². The Hall–Kier alpha value is -1.14. The summed E-state index contributed by atoms with van der Waals surface area (Å²) in [7, 11) is 0. The molecular weight excluding hydrogens is 256 g/mol. The Labute approximate surface area is 120 Å². The molecule has 0 aliphatic carbocycles. The fraction of sp³-hybridized carbons (Fsp3) is 0.857. The zero-order valence-corrected chi connectivity index (χ0v) is 12.4. The van der Waals surface area contributed by atoms with Gasteiger partial charge in [0, 0.05) is 51.9 Å². The van der Waals surface area contributed by atoms with Gasteiger partial charge < -0.3 is 15.5 Å². The monoisotopic (exact) mass is 282 g/mol. The van der Waals surface area contributed by atoms with Crippen LogP contribution in [0.3, 0.4) is 0 Å². The number of hydrogen-bond acceptors (Lipinski definition) is 4. The molecule has 1 atom stereocenters. The molecule has 2 heterocycles. The van der Waals surface area contributed by atoms with Crippen molar-refractivity contribution in [2.75, 3.05) is 45.8 Å². The fourth-order valence-electron chi connectivity index (χ4n) is 3.02. The lowest BCUT2D eigenvalue weighted by molar-refractivity contribution is -0.154. The molecule has 20 heavy (non-hydrogen) atoms. The molecule has 0 saturated carbocycles. The molecule has 2 aliphatic heterocycles. The molecule has 2 amide bonds. The minimum absolute atomic E-state index is 0.193. The molecule has 2 fully saturated rings. The van der Waals surface area contributed by atoms with Gasteiger partial charge in [-0.1, -0.05) is 0 Å². The van der Waals surface area contributed by atoms with E-state index in [0.29, 0.717) is 19.6 Å². The van der Waals surface area contributed by atoms with Crippen LogP contribution >= 0.6 is 0 Å². The average Bonchev–Trinajstić information content (AvgIpc) is 2.47. The fourth-order valence-corrected chi connectivity index (χ4v) is 3.02. The van der Waals surface area contributed by atoms with Crippen molar-refractivity contribution < 1.29 is 9.59 Å². The topological polar surface area (TPSA) is 69.9 Å². The molecule has 0 aromatic carbocycles. The molecule has 0 spiro atoms. The lowest BCUT2D eigenvalue weighted by Crippen LogP contribution is -2.55. The minimum Gasteiger partial charge on any atom is -0.332 e. The summed E-state index contributed by atoms with van der Waals surface area (Å²) >= 11 is 0. The van der Waals surface area contributed by atoms with Crippen molar-refractivity contribution in [3.63, 3.8) is 0 Å². The molecule has 0 aromatic heterocycles. The smallest absolute Gasteiger partial charge is 0.312 e. The Morgan fingerprint density at radius 1 is 1.05 bits per heavy atom. The van der Waals surface area contributed by atoms with E-state index in [9.17, 15) is 9.59 Å². The van der Waals surface area contributed by atoms with Crippen molar-refractivity contribution in [2.45, 2.75) is 32.2 Å². The SMILES string of the molecule is CC1CCCCN1C(=O)C(=O)N1CCN(CCN)CC1. The molecule has 1 unspecified atom stereocenters. The summed E-state index contributed by atoms with van der Waals surface area (Å²) < 4.78 is 0. The quantitative estimate of drug-likeness (QED) is 0.693. The van der Waals surface area contributed by atoms with Gasteiger partial charge in [-0.3, -0.25) is 14.5 Å². The lowest BCUT2D eigenvalue weighted by atomic mass is 10.0. The molecule has 6 nitrogen and oxygen atoms in total. The Bertz CT molecular complexity index is 353. The van der Waals surface area contributed by atoms with Crippen LogP contribution in [0.15, 0.2) is 0 Å². The lowest BCUT2D eigenvalue weighted by Gasteiger charge is -2.37. The van der Waals surface area contributed by atoms with E-state index in [-0.39, 0.29) is 17.9 Å². The minimum atomic E-state index is -0.328. The van der Waals surface area contributed by atoms with E-state index in [1.54, 1.807) is 9.80 Å². The van der Waals surface area contributed by atoms with Gasteiger partial charge in [0.25, 0.3) is 0 Å². The largest absolute Gasteiger partial charge is 0.332 e. The first-order chi connectivity index (χ1) is 9.63. The number of piperidine rings is 1. The van der Waals surface area contributed by atoms with Crippen LogP contribution in [-0.4, -0.2) is 78.4 Å². The average molecular weight is 282 g/mol. The van der Waals surface area contributed by atoms with Crippen molar-refractivity contribution in [3.8, 4) is 0 Å². The number of likely N-dealkylation sites (tertiary alicyclic amines) is 1. The van der Waals surface area contributed by atoms with Crippen LogP contribution in [0, 0.1) is 0 Å². The predicted octanol–water partition coefficient (Wildman–Crippen LogP) is -0.510. The number of carbonyl (C=O) groups excluding carboxylic acids is 2. The number of nitrogens with two attached hydrogens (primary N) is 1. The standard InChI is InChI=1S/C14H26N4O2/c1-12-4-2-3-6-18(12)14(20)13(19)17-10-8-16(7-5-15)9-11-17/h12H,2-11,15H2,1H3. The van der Waals surface area contributed by atoms with Crippen molar-refractivity contribution in [1.29, 1.82) is 0 Å². The number of piperazine rings is 1. The van der Waals surface area contributed by atoms with Crippen molar-refractivity contribution >= 4 is 11.8 Å². The van der Waals surface area contributed by atoms with Gasteiger partial charge in [0.1, 0.15) is 0 Å². The van der Waals surface area contributed by atoms with Crippen LogP contribution in [0.5, 0.6) is 0 Å². The van der Waals surface area contributed by atoms with Gasteiger partial charge in [-0.25, -0.2) is 0 Å². The first-order valence-corrected chi connectivity index (χ1v) is 7.65. The van der Waals surface area contributed by atoms with Crippen molar-refractivity contribution in [2.24, 2.45) is 5.73 Å². The molecule has 2 rings (SSSR count). The summed E-state index contributed by atoms with van der Waals surface area (Å²) in [6.45, 7) is 7.14. The van der Waals surface area contributed by atoms with Gasteiger partial charge in [-0.05, 0) is 26.2 Å². The first-order valence-electron chi connectivity index (χ1n) is 7.65. The third kappa shape index (κ3) is 3.49. The summed E-state index contributed by atoms with van der Waals surface area (Å²) in [6.07, 6.45) is 3.16. The van der Waals surface area contributed by atoms with E-state index in [1.807, 2.05) is 6.92 Å². The maximum atomic E-state index is 12.3. The van der Waals surface area contributed by atoms with E-state index in [2.05, 4.69) is 4.90 Å². The number of hydrogen-bond donors (Lipinski definition) is 1. The molecule has 2 aliphatic rings. The van der Waals surface area contributed by atoms with Gasteiger partial charge in [-0.15, -0.1) is 0 Å². The molecule has 2 N–H and O–H groups in total. The summed E-state index contributed by atoms with van der Waals surface area (Å²) in [4.78, 5) is 30.3. The molecule has 6 heteroatoms. The van der Waals surface area contributed by atoms with E-state index in [1.165, 1.54) is 0 Å². The van der Waals surface area contributed by atoms with Crippen LogP contribution in [0.2, 0.25) is 0 Å². The zero-order valence-electron chi connectivity index (χ0n) is 12.4. The van der Waals surface area contributed by atoms with Gasteiger partial charge in [-0.2, -0.15) is 0 Å². The third-order valence-electron chi connectivity index (χ3n) is 4.35. The zero-order chi connectivity index (χ0) is 14.5. The highest BCUT2D eigenvalue weighted by Crippen LogP contribution is 2.17. The van der Waals surface area contributed by atoms with Crippen LogP contribution in [0.1, 0.15) is 26.2 Å². The second-order valence-electron chi connectivity index (χ2n) is 5.77. The molecule has 0 radical (unpaired) electrons. The Morgan fingerprint density at radius 2 is 1.75 bits per heavy atom. The molecular formula is C14H26N4O2. The third-order valence-corrected chi connectivity index (χ3v) is 4.35. The number of amides is 2. The van der Waals surface area contributed by atoms with E-state index in [4.69, 9.17) is 5.73 Å². The van der Waals surface area contributed by atoms with Crippen LogP contribution in [0.4, 0.5) is 0 Å². The summed E-state index contributed by atoms with van der Waals surface area (Å²) in [5.41, 5.74) is 5.53. The Kier molecular flexibility index (Phi) is 5.37. The molecule has 0 aromatic rings. The Morgan fingerprint density at radius 3 is 2.35 bits per heavy atom. The molecule has 114 valence electrons. The highest BCUT2D eigenvalue weighted by atomic mass is 16.2. The van der Waals surface area contributed by atoms with E-state index >= 15 is 0 Å². The van der Waals surface area contributed by atoms with Gasteiger partial charge >= 0.3 is 11.8 Å². The number of rotatable bonds is 2. The van der Waals surface area contributed by atoms with Crippen molar-refractivity contribution in [1.82, 2.24) is 14.7 Å². The maximum Gasteiger partial charge on any atom is 0.312 e. The number of nitrogens with zero attached hydrogens (tertiary/aromatic N) is 3. The normalized spacial score (nSPS) is 24.8. The second-order valence-corrected chi connectivity index (χ2v) is 5.77. The summed E-state index contributed by atoms with van der Waals surface area (Å²) in [5, 5.41) is 0. The van der Waals surface area contributed by atoms with Crippen LogP contribution < -0.4 is 5.73 Å². The van der Waals surface area contributed by atoms with Gasteiger partial charge in [0.2, 0.25) is 0 Å². The van der Waals surface area contributed by atoms with E-state index < -0.39 is 0 Å². The summed E-state index contributed by atoms with van der Waals surface area (Å²) in [5.74, 6) is -0.643. The van der Waals surface area contributed by atoms with Crippen LogP contribution in [-0.2, 0) is 9.59 Å². The van der Waals surface area contributed by atoms with E-state index in [0.717, 1.165) is 45.4 Å². The predicted molar refractivity (Wildman–Crippen MR) is 77.1 cm³/mol. The number of carbonyl (C=O) groups is 2. The Balaban J connectivity index is 1.86. The molecule has 0 bridgehead atoms. The van der Waals surface area contributed by atoms with Gasteiger partial charge in [0.15, 0.2) is 0 Å².